The van der Waals surface area contributed by atoms with Crippen LogP contribution in [0.25, 0.3) is 0 Å². The van der Waals surface area contributed by atoms with E-state index in [2.05, 4.69) is 18.2 Å². The van der Waals surface area contributed by atoms with Crippen LogP contribution in [0.4, 0.5) is 5.82 Å². The molecule has 0 spiro atoms. The first-order valence-corrected chi connectivity index (χ1v) is 7.46. The molecule has 0 radical (unpaired) electrons. The Labute approximate surface area is 117 Å². The number of hydrogen-bond acceptors (Lipinski definition) is 4. The van der Waals surface area contributed by atoms with Crippen LogP contribution < -0.4 is 10.6 Å². The number of thioether (sulfide) groups is 1. The number of aromatic nitrogens is 1. The zero-order chi connectivity index (χ0) is 13.7. The number of nitrogens with two attached hydrogens (primary N) is 1. The van der Waals surface area contributed by atoms with E-state index in [0.717, 1.165) is 12.2 Å². The molecule has 1 atom stereocenters. The van der Waals surface area contributed by atoms with E-state index in [0.29, 0.717) is 22.4 Å². The van der Waals surface area contributed by atoms with Gasteiger partial charge < -0.3 is 10.6 Å². The Morgan fingerprint density at radius 2 is 2.33 bits per heavy atom. The highest BCUT2D eigenvalue weighted by Crippen LogP contribution is 2.27. The maximum absolute atomic E-state index is 7.48. The smallest absolute Gasteiger partial charge is 0.148 e. The molecule has 1 rings (SSSR count). The van der Waals surface area contributed by atoms with Gasteiger partial charge in [0.2, 0.25) is 0 Å². The maximum atomic E-state index is 7.48. The number of nitrogen functional groups attached to an aromatic ring is 1. The molecule has 1 aromatic heterocycles. The van der Waals surface area contributed by atoms with Crippen LogP contribution >= 0.6 is 23.4 Å². The molecule has 18 heavy (non-hydrogen) atoms. The van der Waals surface area contributed by atoms with Crippen LogP contribution in [0, 0.1) is 5.41 Å². The molecular weight excluding hydrogens is 268 g/mol. The first-order chi connectivity index (χ1) is 8.49. The zero-order valence-electron chi connectivity index (χ0n) is 10.9. The Hall–Kier alpha value is -0.940. The van der Waals surface area contributed by atoms with E-state index in [1.807, 2.05) is 23.7 Å². The molecule has 0 aliphatic heterocycles. The number of halogens is 1. The van der Waals surface area contributed by atoms with Crippen molar-refractivity contribution in [2.24, 2.45) is 5.73 Å². The fraction of sp³-hybridized carbons (Fsp3) is 0.500. The summed E-state index contributed by atoms with van der Waals surface area (Å²) in [5.41, 5.74) is 6.02. The molecule has 0 saturated heterocycles. The number of nitrogens with zero attached hydrogens (tertiary/aromatic N) is 2. The molecule has 1 aromatic rings. The van der Waals surface area contributed by atoms with Crippen molar-refractivity contribution in [3.05, 3.63) is 22.8 Å². The number of hydrogen-bond donors (Lipinski definition) is 2. The summed E-state index contributed by atoms with van der Waals surface area (Å²) in [4.78, 5) is 6.32. The minimum Gasteiger partial charge on any atom is -0.384 e. The third-order valence-electron chi connectivity index (χ3n) is 2.90. The zero-order valence-corrected chi connectivity index (χ0v) is 12.5. The Morgan fingerprint density at radius 3 is 2.89 bits per heavy atom. The summed E-state index contributed by atoms with van der Waals surface area (Å²) < 4.78 is 0. The van der Waals surface area contributed by atoms with Gasteiger partial charge in [0.1, 0.15) is 11.7 Å². The van der Waals surface area contributed by atoms with Crippen molar-refractivity contribution in [3.8, 4) is 0 Å². The average Bonchev–Trinajstić information content (AvgIpc) is 2.35. The van der Waals surface area contributed by atoms with Crippen LogP contribution in [0.3, 0.4) is 0 Å². The third-order valence-corrected chi connectivity index (χ3v) is 3.91. The van der Waals surface area contributed by atoms with Crippen molar-refractivity contribution in [3.63, 3.8) is 0 Å². The minimum absolute atomic E-state index is 0.0335. The van der Waals surface area contributed by atoms with E-state index in [1.165, 1.54) is 0 Å². The second-order valence-electron chi connectivity index (χ2n) is 4.15. The van der Waals surface area contributed by atoms with E-state index in [4.69, 9.17) is 22.7 Å². The summed E-state index contributed by atoms with van der Waals surface area (Å²) >= 11 is 8.07. The molecule has 0 aromatic carbocycles. The molecule has 0 aliphatic rings. The summed E-state index contributed by atoms with van der Waals surface area (Å²) in [6, 6.07) is 2.00. The molecule has 0 amide bonds. The van der Waals surface area contributed by atoms with Gasteiger partial charge in [0.25, 0.3) is 0 Å². The van der Waals surface area contributed by atoms with Gasteiger partial charge >= 0.3 is 0 Å². The Kier molecular flexibility index (Phi) is 5.75. The molecule has 1 heterocycles. The van der Waals surface area contributed by atoms with Crippen LogP contribution in [-0.2, 0) is 0 Å². The van der Waals surface area contributed by atoms with E-state index in [1.54, 1.807) is 12.3 Å². The first-order valence-electron chi connectivity index (χ1n) is 5.69. The molecule has 0 fully saturated rings. The van der Waals surface area contributed by atoms with E-state index in [9.17, 15) is 0 Å². The summed E-state index contributed by atoms with van der Waals surface area (Å²) in [5, 5.41) is 7.92. The molecule has 6 heteroatoms. The average molecular weight is 287 g/mol. The summed E-state index contributed by atoms with van der Waals surface area (Å²) in [6.45, 7) is 2.13. The van der Waals surface area contributed by atoms with Crippen LogP contribution in [0.5, 0.6) is 0 Å². The van der Waals surface area contributed by atoms with Gasteiger partial charge in [-0.3, -0.25) is 5.41 Å². The lowest BCUT2D eigenvalue weighted by Gasteiger charge is -2.27. The minimum atomic E-state index is -0.0335. The van der Waals surface area contributed by atoms with E-state index >= 15 is 0 Å². The molecule has 4 nitrogen and oxygen atoms in total. The number of pyridine rings is 1. The van der Waals surface area contributed by atoms with Crippen LogP contribution in [0.15, 0.2) is 12.3 Å². The monoisotopic (exact) mass is 286 g/mol. The number of rotatable bonds is 6. The largest absolute Gasteiger partial charge is 0.384 e. The highest BCUT2D eigenvalue weighted by atomic mass is 35.5. The van der Waals surface area contributed by atoms with Crippen molar-refractivity contribution >= 4 is 35.0 Å². The lowest BCUT2D eigenvalue weighted by molar-refractivity contribution is 0.662. The normalized spacial score (nSPS) is 12.2. The van der Waals surface area contributed by atoms with Gasteiger partial charge in [-0.2, -0.15) is 11.8 Å². The Bertz CT molecular complexity index is 425. The Morgan fingerprint density at radius 1 is 1.67 bits per heavy atom. The standard InChI is InChI=1S/C12H19ClN4S/c1-8(5-7-18-3)17(2)12-10(13)9(11(14)15)4-6-16-12/h4,6,8H,5,7H2,1-3H3,(H3,14,15). The number of nitrogens with one attached hydrogen (secondary N) is 1. The Balaban J connectivity index is 2.95. The molecule has 1 unspecified atom stereocenters. The fourth-order valence-corrected chi connectivity index (χ4v) is 2.50. The highest BCUT2D eigenvalue weighted by molar-refractivity contribution is 7.98. The SMILES string of the molecule is CSCCC(C)N(C)c1nccc(C(=N)N)c1Cl. The molecule has 0 bridgehead atoms. The molecular formula is C12H19ClN4S. The fourth-order valence-electron chi connectivity index (χ4n) is 1.58. The van der Waals surface area contributed by atoms with E-state index in [-0.39, 0.29) is 5.84 Å². The number of amidine groups is 1. The van der Waals surface area contributed by atoms with Crippen LogP contribution in [0.1, 0.15) is 18.9 Å². The lowest BCUT2D eigenvalue weighted by Crippen LogP contribution is -2.30. The van der Waals surface area contributed by atoms with Crippen LogP contribution in [-0.4, -0.2) is 35.9 Å². The topological polar surface area (TPSA) is 66.0 Å². The van der Waals surface area contributed by atoms with Crippen molar-refractivity contribution in [1.29, 1.82) is 5.41 Å². The summed E-state index contributed by atoms with van der Waals surface area (Å²) in [6.07, 6.45) is 4.78. The predicted octanol–water partition coefficient (Wildman–Crippen LogP) is 2.60. The second kappa shape index (κ2) is 6.85. The van der Waals surface area contributed by atoms with Gasteiger partial charge in [-0.15, -0.1) is 0 Å². The van der Waals surface area contributed by atoms with Crippen molar-refractivity contribution in [2.75, 3.05) is 24.0 Å². The van der Waals surface area contributed by atoms with Crippen LogP contribution in [0.2, 0.25) is 5.02 Å². The van der Waals surface area contributed by atoms with Gasteiger partial charge in [0, 0.05) is 24.8 Å². The third kappa shape index (κ3) is 3.53. The van der Waals surface area contributed by atoms with Crippen molar-refractivity contribution in [1.82, 2.24) is 4.98 Å². The van der Waals surface area contributed by atoms with Gasteiger partial charge in [-0.25, -0.2) is 4.98 Å². The lowest BCUT2D eigenvalue weighted by atomic mass is 10.2. The van der Waals surface area contributed by atoms with Crippen molar-refractivity contribution in [2.45, 2.75) is 19.4 Å². The predicted molar refractivity (Wildman–Crippen MR) is 81.1 cm³/mol. The van der Waals surface area contributed by atoms with Gasteiger partial charge in [-0.1, -0.05) is 11.6 Å². The molecule has 0 saturated carbocycles. The summed E-state index contributed by atoms with van der Waals surface area (Å²) in [7, 11) is 1.96. The van der Waals surface area contributed by atoms with Gasteiger partial charge in [-0.05, 0) is 31.4 Å². The van der Waals surface area contributed by atoms with E-state index < -0.39 is 0 Å². The van der Waals surface area contributed by atoms with Gasteiger partial charge in [0.05, 0.1) is 5.02 Å². The first kappa shape index (κ1) is 15.1. The highest BCUT2D eigenvalue weighted by Gasteiger charge is 2.17. The quantitative estimate of drug-likeness (QED) is 0.623. The molecule has 3 N–H and O–H groups in total. The van der Waals surface area contributed by atoms with Gasteiger partial charge in [0.15, 0.2) is 0 Å². The molecule has 100 valence electrons. The number of anilines is 1. The van der Waals surface area contributed by atoms with Crippen molar-refractivity contribution < 1.29 is 0 Å². The summed E-state index contributed by atoms with van der Waals surface area (Å²) in [5.74, 6) is 1.74. The second-order valence-corrected chi connectivity index (χ2v) is 5.51. The maximum Gasteiger partial charge on any atom is 0.148 e. The molecule has 0 aliphatic carbocycles.